The maximum atomic E-state index is 10.9. The van der Waals surface area contributed by atoms with Gasteiger partial charge in [0.1, 0.15) is 17.8 Å². The number of carboxylic acid groups (broad SMARTS) is 1. The molecule has 7 heteroatoms. The summed E-state index contributed by atoms with van der Waals surface area (Å²) in [7, 11) is 0. The Bertz CT molecular complexity index is 513. The van der Waals surface area contributed by atoms with Gasteiger partial charge >= 0.3 is 5.97 Å². The van der Waals surface area contributed by atoms with Crippen LogP contribution in [0.1, 0.15) is 18.2 Å². The quantitative estimate of drug-likeness (QED) is 0.797. The van der Waals surface area contributed by atoms with E-state index >= 15 is 0 Å². The van der Waals surface area contributed by atoms with Crippen LogP contribution in [-0.2, 0) is 15.3 Å². The lowest BCUT2D eigenvalue weighted by Crippen LogP contribution is -2.41. The maximum Gasteiger partial charge on any atom is 0.327 e. The highest BCUT2D eigenvalue weighted by Crippen LogP contribution is 2.15. The summed E-state index contributed by atoms with van der Waals surface area (Å²) in [5, 5.41) is 20.1. The second-order valence-corrected chi connectivity index (χ2v) is 4.76. The topological polar surface area (TPSA) is 103 Å². The molecule has 1 rings (SSSR count). The number of nitrogens with one attached hydrogen (secondary N) is 1. The number of rotatable bonds is 6. The highest BCUT2D eigenvalue weighted by atomic mass is 32.2. The van der Waals surface area contributed by atoms with Gasteiger partial charge in [-0.15, -0.1) is 0 Å². The van der Waals surface area contributed by atoms with Gasteiger partial charge in [-0.05, 0) is 11.6 Å². The van der Waals surface area contributed by atoms with Gasteiger partial charge in [-0.3, -0.25) is 4.79 Å². The summed E-state index contributed by atoms with van der Waals surface area (Å²) >= 11 is 1.33. The molecule has 0 saturated heterocycles. The molecule has 0 aliphatic rings. The molecule has 1 unspecified atom stereocenters. The predicted molar refractivity (Wildman–Crippen MR) is 70.4 cm³/mol. The number of aromatic nitrogens is 1. The van der Waals surface area contributed by atoms with Crippen LogP contribution in [0.5, 0.6) is 0 Å². The summed E-state index contributed by atoms with van der Waals surface area (Å²) in [6.45, 7) is 1.27. The second kappa shape index (κ2) is 7.38. The van der Waals surface area contributed by atoms with Gasteiger partial charge in [0, 0.05) is 24.6 Å². The van der Waals surface area contributed by atoms with Crippen LogP contribution >= 0.6 is 11.8 Å². The van der Waals surface area contributed by atoms with Crippen molar-refractivity contribution in [2.45, 2.75) is 18.7 Å². The molecule has 0 radical (unpaired) electrons. The zero-order chi connectivity index (χ0) is 14.3. The number of thioether (sulfide) groups is 1. The molecular weight excluding hydrogens is 266 g/mol. The molecule has 19 heavy (non-hydrogen) atoms. The second-order valence-electron chi connectivity index (χ2n) is 3.73. The Morgan fingerprint density at radius 2 is 2.37 bits per heavy atom. The van der Waals surface area contributed by atoms with Gasteiger partial charge in [-0.25, -0.2) is 9.78 Å². The molecule has 0 bridgehead atoms. The number of pyridine rings is 1. The molecule has 0 spiro atoms. The van der Waals surface area contributed by atoms with Gasteiger partial charge < -0.3 is 10.4 Å². The van der Waals surface area contributed by atoms with E-state index in [4.69, 9.17) is 10.4 Å². The lowest BCUT2D eigenvalue weighted by molar-refractivity contribution is -0.140. The molecule has 1 atom stereocenters. The standard InChI is InChI=1S/C12H13N3O3S/c1-8(16)15-11(12(17)18)7-19-6-9-3-2-4-14-10(9)5-13/h2-4,11H,6-7H2,1H3,(H,15,16)(H,17,18). The Morgan fingerprint density at radius 3 is 2.95 bits per heavy atom. The number of carbonyl (C=O) groups excluding carboxylic acids is 1. The van der Waals surface area contributed by atoms with Gasteiger partial charge in [-0.2, -0.15) is 17.0 Å². The SMILES string of the molecule is CC(=O)NC(CSCc1cccnc1C#N)C(=O)O. The first-order valence-corrected chi connectivity index (χ1v) is 6.61. The average molecular weight is 279 g/mol. The molecule has 0 aliphatic carbocycles. The number of aliphatic carboxylic acids is 1. The van der Waals surface area contributed by atoms with Crippen LogP contribution in [-0.4, -0.2) is 33.8 Å². The Morgan fingerprint density at radius 1 is 1.63 bits per heavy atom. The molecule has 2 N–H and O–H groups in total. The Kier molecular flexibility index (Phi) is 5.82. The molecule has 0 saturated carbocycles. The van der Waals surface area contributed by atoms with Crippen LogP contribution in [0.15, 0.2) is 18.3 Å². The van der Waals surface area contributed by atoms with Crippen molar-refractivity contribution in [2.75, 3.05) is 5.75 Å². The number of hydrogen-bond acceptors (Lipinski definition) is 5. The smallest absolute Gasteiger partial charge is 0.327 e. The summed E-state index contributed by atoms with van der Waals surface area (Å²) in [5.74, 6) is -0.754. The zero-order valence-electron chi connectivity index (χ0n) is 10.3. The van der Waals surface area contributed by atoms with Gasteiger partial charge in [-0.1, -0.05) is 6.07 Å². The fraction of sp³-hybridized carbons (Fsp3) is 0.333. The van der Waals surface area contributed by atoms with Crippen molar-refractivity contribution in [1.82, 2.24) is 10.3 Å². The fourth-order valence-electron chi connectivity index (χ4n) is 1.36. The van der Waals surface area contributed by atoms with Gasteiger partial charge in [0.2, 0.25) is 5.91 Å². The van der Waals surface area contributed by atoms with E-state index in [1.165, 1.54) is 24.9 Å². The summed E-state index contributed by atoms with van der Waals surface area (Å²) < 4.78 is 0. The van der Waals surface area contributed by atoms with E-state index < -0.39 is 12.0 Å². The van der Waals surface area contributed by atoms with Crippen molar-refractivity contribution in [3.8, 4) is 6.07 Å². The number of hydrogen-bond donors (Lipinski definition) is 2. The summed E-state index contributed by atoms with van der Waals surface area (Å²) in [4.78, 5) is 25.7. The molecule has 0 fully saturated rings. The lowest BCUT2D eigenvalue weighted by Gasteiger charge is -2.12. The van der Waals surface area contributed by atoms with E-state index in [0.717, 1.165) is 5.56 Å². The molecule has 100 valence electrons. The molecule has 0 aliphatic heterocycles. The largest absolute Gasteiger partial charge is 0.480 e. The maximum absolute atomic E-state index is 10.9. The normalized spacial score (nSPS) is 11.4. The number of carbonyl (C=O) groups is 2. The number of nitriles is 1. The van der Waals surface area contributed by atoms with E-state index in [-0.39, 0.29) is 11.7 Å². The first-order valence-electron chi connectivity index (χ1n) is 5.46. The van der Waals surface area contributed by atoms with Crippen molar-refractivity contribution in [2.24, 2.45) is 0 Å². The molecule has 1 amide bonds. The molecule has 1 heterocycles. The summed E-state index contributed by atoms with van der Waals surface area (Å²) in [5.41, 5.74) is 1.09. The van der Waals surface area contributed by atoms with Crippen molar-refractivity contribution in [3.63, 3.8) is 0 Å². The van der Waals surface area contributed by atoms with Crippen LogP contribution in [0, 0.1) is 11.3 Å². The predicted octanol–water partition coefficient (Wildman–Crippen LogP) is 0.776. The minimum absolute atomic E-state index is 0.231. The average Bonchev–Trinajstić information content (AvgIpc) is 2.37. The van der Waals surface area contributed by atoms with Crippen molar-refractivity contribution in [3.05, 3.63) is 29.6 Å². The summed E-state index contributed by atoms with van der Waals surface area (Å²) in [6.07, 6.45) is 1.53. The zero-order valence-corrected chi connectivity index (χ0v) is 11.1. The van der Waals surface area contributed by atoms with Crippen molar-refractivity contribution < 1.29 is 14.7 Å². The van der Waals surface area contributed by atoms with Crippen molar-refractivity contribution >= 4 is 23.6 Å². The fourth-order valence-corrected chi connectivity index (χ4v) is 2.39. The van der Waals surface area contributed by atoms with E-state index in [1.807, 2.05) is 6.07 Å². The Hall–Kier alpha value is -2.07. The minimum Gasteiger partial charge on any atom is -0.480 e. The molecule has 1 aromatic rings. The third kappa shape index (κ3) is 4.97. The monoisotopic (exact) mass is 279 g/mol. The molecule has 0 aromatic carbocycles. The third-order valence-corrected chi connectivity index (χ3v) is 3.30. The number of amides is 1. The van der Waals surface area contributed by atoms with Gasteiger partial charge in [0.15, 0.2) is 0 Å². The lowest BCUT2D eigenvalue weighted by atomic mass is 10.2. The minimum atomic E-state index is -1.07. The first-order chi connectivity index (χ1) is 9.04. The van der Waals surface area contributed by atoms with Crippen LogP contribution in [0.2, 0.25) is 0 Å². The van der Waals surface area contributed by atoms with E-state index in [0.29, 0.717) is 11.4 Å². The van der Waals surface area contributed by atoms with Crippen LogP contribution < -0.4 is 5.32 Å². The highest BCUT2D eigenvalue weighted by molar-refractivity contribution is 7.98. The Balaban J connectivity index is 2.55. The van der Waals surface area contributed by atoms with E-state index in [2.05, 4.69) is 10.3 Å². The number of carboxylic acids is 1. The van der Waals surface area contributed by atoms with Crippen molar-refractivity contribution in [1.29, 1.82) is 5.26 Å². The third-order valence-electron chi connectivity index (χ3n) is 2.21. The Labute approximate surface area is 114 Å². The highest BCUT2D eigenvalue weighted by Gasteiger charge is 2.18. The van der Waals surface area contributed by atoms with E-state index in [1.54, 1.807) is 12.1 Å². The van der Waals surface area contributed by atoms with Crippen LogP contribution in [0.4, 0.5) is 0 Å². The number of nitrogens with zero attached hydrogens (tertiary/aromatic N) is 2. The molecule has 1 aromatic heterocycles. The van der Waals surface area contributed by atoms with E-state index in [9.17, 15) is 9.59 Å². The van der Waals surface area contributed by atoms with Gasteiger partial charge in [0.05, 0.1) is 0 Å². The first kappa shape index (κ1) is 15.0. The molecule has 6 nitrogen and oxygen atoms in total. The van der Waals surface area contributed by atoms with Crippen LogP contribution in [0.25, 0.3) is 0 Å². The van der Waals surface area contributed by atoms with Gasteiger partial charge in [0.25, 0.3) is 0 Å². The molecular formula is C12H13N3O3S. The summed E-state index contributed by atoms with van der Waals surface area (Å²) in [6, 6.07) is 4.54. The van der Waals surface area contributed by atoms with Crippen LogP contribution in [0.3, 0.4) is 0 Å².